The van der Waals surface area contributed by atoms with Crippen LogP contribution < -0.4 is 0 Å². The molecule has 0 bridgehead atoms. The van der Waals surface area contributed by atoms with Gasteiger partial charge in [0.1, 0.15) is 0 Å². The fourth-order valence-corrected chi connectivity index (χ4v) is 1.80. The first kappa shape index (κ1) is 10.8. The molecule has 0 aliphatic heterocycles. The van der Waals surface area contributed by atoms with Gasteiger partial charge in [-0.2, -0.15) is 0 Å². The van der Waals surface area contributed by atoms with Crippen LogP contribution in [0.15, 0.2) is 29.8 Å². The van der Waals surface area contributed by atoms with E-state index in [4.69, 9.17) is 11.6 Å². The van der Waals surface area contributed by atoms with Crippen molar-refractivity contribution in [3.63, 3.8) is 0 Å². The van der Waals surface area contributed by atoms with Gasteiger partial charge in [-0.05, 0) is 18.1 Å². The second kappa shape index (κ2) is 5.46. The topological polar surface area (TPSA) is 0 Å². The highest BCUT2D eigenvalue weighted by molar-refractivity contribution is 9.09. The zero-order chi connectivity index (χ0) is 9.68. The van der Waals surface area contributed by atoms with E-state index in [9.17, 15) is 0 Å². The van der Waals surface area contributed by atoms with Crippen molar-refractivity contribution in [2.24, 2.45) is 0 Å². The standard InChI is InChI=1S/C11H12BrCl/c1-2-9(8-12)7-10-5-3-4-6-11(10)13/h3-7H,2,8H2,1H3/b9-7-. The van der Waals surface area contributed by atoms with Crippen molar-refractivity contribution in [3.8, 4) is 0 Å². The highest BCUT2D eigenvalue weighted by Crippen LogP contribution is 2.19. The largest absolute Gasteiger partial charge is 0.0880 e. The number of halogens is 2. The average Bonchev–Trinajstić information content (AvgIpc) is 2.17. The van der Waals surface area contributed by atoms with Crippen LogP contribution in [0.25, 0.3) is 6.08 Å². The van der Waals surface area contributed by atoms with Crippen LogP contribution in [0, 0.1) is 0 Å². The lowest BCUT2D eigenvalue weighted by atomic mass is 10.1. The fourth-order valence-electron chi connectivity index (χ4n) is 1.05. The van der Waals surface area contributed by atoms with Crippen LogP contribution in [-0.4, -0.2) is 5.33 Å². The van der Waals surface area contributed by atoms with E-state index >= 15 is 0 Å². The molecule has 0 aliphatic rings. The molecule has 0 nitrogen and oxygen atoms in total. The molecule has 0 amide bonds. The van der Waals surface area contributed by atoms with Crippen LogP contribution in [0.1, 0.15) is 18.9 Å². The summed E-state index contributed by atoms with van der Waals surface area (Å²) in [4.78, 5) is 0. The fraction of sp³-hybridized carbons (Fsp3) is 0.273. The number of allylic oxidation sites excluding steroid dienone is 1. The Morgan fingerprint density at radius 2 is 2.15 bits per heavy atom. The quantitative estimate of drug-likeness (QED) is 0.700. The molecule has 13 heavy (non-hydrogen) atoms. The van der Waals surface area contributed by atoms with E-state index in [0.29, 0.717) is 0 Å². The van der Waals surface area contributed by atoms with Gasteiger partial charge in [0, 0.05) is 10.4 Å². The first-order chi connectivity index (χ1) is 6.27. The van der Waals surface area contributed by atoms with Crippen molar-refractivity contribution in [2.45, 2.75) is 13.3 Å². The van der Waals surface area contributed by atoms with Gasteiger partial charge in [-0.1, -0.05) is 64.3 Å². The minimum atomic E-state index is 0.814. The summed E-state index contributed by atoms with van der Waals surface area (Å²) in [7, 11) is 0. The summed E-state index contributed by atoms with van der Waals surface area (Å²) in [6.45, 7) is 2.14. The molecule has 0 aromatic heterocycles. The molecule has 2 heteroatoms. The molecule has 0 saturated carbocycles. The maximum absolute atomic E-state index is 6.02. The molecule has 1 rings (SSSR count). The van der Waals surface area contributed by atoms with Gasteiger partial charge in [0.25, 0.3) is 0 Å². The Kier molecular flexibility index (Phi) is 4.54. The van der Waals surface area contributed by atoms with Crippen LogP contribution in [-0.2, 0) is 0 Å². The summed E-state index contributed by atoms with van der Waals surface area (Å²) in [6, 6.07) is 7.88. The number of hydrogen-bond donors (Lipinski definition) is 0. The molecule has 1 aromatic carbocycles. The highest BCUT2D eigenvalue weighted by atomic mass is 79.9. The summed E-state index contributed by atoms with van der Waals surface area (Å²) >= 11 is 9.47. The van der Waals surface area contributed by atoms with E-state index in [2.05, 4.69) is 28.9 Å². The van der Waals surface area contributed by atoms with E-state index in [0.717, 1.165) is 22.3 Å². The van der Waals surface area contributed by atoms with Crippen LogP contribution in [0.4, 0.5) is 0 Å². The maximum atomic E-state index is 6.02. The van der Waals surface area contributed by atoms with Crippen LogP contribution in [0.5, 0.6) is 0 Å². The van der Waals surface area contributed by atoms with Crippen molar-refractivity contribution in [1.82, 2.24) is 0 Å². The van der Waals surface area contributed by atoms with E-state index in [1.165, 1.54) is 5.57 Å². The van der Waals surface area contributed by atoms with Gasteiger partial charge in [0.2, 0.25) is 0 Å². The monoisotopic (exact) mass is 258 g/mol. The zero-order valence-corrected chi connectivity index (χ0v) is 9.90. The van der Waals surface area contributed by atoms with Gasteiger partial charge >= 0.3 is 0 Å². The molecule has 70 valence electrons. The van der Waals surface area contributed by atoms with Crippen molar-refractivity contribution >= 4 is 33.6 Å². The first-order valence-electron chi connectivity index (χ1n) is 4.28. The Morgan fingerprint density at radius 3 is 2.69 bits per heavy atom. The summed E-state index contributed by atoms with van der Waals surface area (Å²) in [5.41, 5.74) is 2.45. The van der Waals surface area contributed by atoms with Crippen LogP contribution >= 0.6 is 27.5 Å². The number of hydrogen-bond acceptors (Lipinski definition) is 0. The molecule has 0 saturated heterocycles. The molecule has 1 aromatic rings. The van der Waals surface area contributed by atoms with Crippen molar-refractivity contribution < 1.29 is 0 Å². The lowest BCUT2D eigenvalue weighted by Gasteiger charge is -2.01. The summed E-state index contributed by atoms with van der Waals surface area (Å²) in [6.07, 6.45) is 3.19. The minimum absolute atomic E-state index is 0.814. The molecule has 0 unspecified atom stereocenters. The van der Waals surface area contributed by atoms with Gasteiger partial charge in [-0.3, -0.25) is 0 Å². The van der Waals surface area contributed by atoms with Gasteiger partial charge < -0.3 is 0 Å². The molecule has 0 atom stereocenters. The smallest absolute Gasteiger partial charge is 0.0478 e. The lowest BCUT2D eigenvalue weighted by molar-refractivity contribution is 1.12. The number of benzene rings is 1. The predicted octanol–water partition coefficient (Wildman–Crippen LogP) is 4.53. The van der Waals surface area contributed by atoms with Gasteiger partial charge in [-0.15, -0.1) is 0 Å². The van der Waals surface area contributed by atoms with Gasteiger partial charge in [0.15, 0.2) is 0 Å². The normalized spacial score (nSPS) is 11.8. The molecule has 0 radical (unpaired) electrons. The van der Waals surface area contributed by atoms with E-state index in [-0.39, 0.29) is 0 Å². The molecule has 0 N–H and O–H groups in total. The van der Waals surface area contributed by atoms with Crippen molar-refractivity contribution in [3.05, 3.63) is 40.4 Å². The Hall–Kier alpha value is -0.270. The van der Waals surface area contributed by atoms with E-state index in [1.54, 1.807) is 0 Å². The minimum Gasteiger partial charge on any atom is -0.0880 e. The Morgan fingerprint density at radius 1 is 1.46 bits per heavy atom. The van der Waals surface area contributed by atoms with Gasteiger partial charge in [0.05, 0.1) is 0 Å². The van der Waals surface area contributed by atoms with E-state index in [1.807, 2.05) is 24.3 Å². The second-order valence-corrected chi connectivity index (χ2v) is 3.78. The van der Waals surface area contributed by atoms with E-state index < -0.39 is 0 Å². The Balaban J connectivity index is 2.95. The molecule has 0 heterocycles. The summed E-state index contributed by atoms with van der Waals surface area (Å²) in [5, 5.41) is 1.73. The van der Waals surface area contributed by atoms with Crippen LogP contribution in [0.3, 0.4) is 0 Å². The van der Waals surface area contributed by atoms with Gasteiger partial charge in [-0.25, -0.2) is 0 Å². The van der Waals surface area contributed by atoms with Crippen LogP contribution in [0.2, 0.25) is 5.02 Å². The third-order valence-electron chi connectivity index (χ3n) is 1.89. The second-order valence-electron chi connectivity index (χ2n) is 2.81. The summed E-state index contributed by atoms with van der Waals surface area (Å²) in [5.74, 6) is 0. The molecule has 0 aliphatic carbocycles. The predicted molar refractivity (Wildman–Crippen MR) is 63.5 cm³/mol. The molecule has 0 spiro atoms. The lowest BCUT2D eigenvalue weighted by Crippen LogP contribution is -1.82. The van der Waals surface area contributed by atoms with Crippen molar-refractivity contribution in [1.29, 1.82) is 0 Å². The number of alkyl halides is 1. The third kappa shape index (κ3) is 3.17. The Bertz CT molecular complexity index is 299. The SMILES string of the molecule is CC/C(=C/c1ccccc1Cl)CBr. The third-order valence-corrected chi connectivity index (χ3v) is 2.96. The first-order valence-corrected chi connectivity index (χ1v) is 5.77. The molecule has 0 fully saturated rings. The summed E-state index contributed by atoms with van der Waals surface area (Å²) < 4.78 is 0. The highest BCUT2D eigenvalue weighted by Gasteiger charge is 1.96. The number of rotatable bonds is 3. The Labute approximate surface area is 92.7 Å². The maximum Gasteiger partial charge on any atom is 0.0478 e. The molecular formula is C11H12BrCl. The van der Waals surface area contributed by atoms with Crippen molar-refractivity contribution in [2.75, 3.05) is 5.33 Å². The zero-order valence-electron chi connectivity index (χ0n) is 7.56. The average molecular weight is 260 g/mol. The molecular weight excluding hydrogens is 247 g/mol.